The fraction of sp³-hybridized carbons (Fsp3) is 0.312. The average Bonchev–Trinajstić information content (AvgIpc) is 3.15. The topological polar surface area (TPSA) is 94.8 Å². The van der Waals surface area contributed by atoms with Crippen LogP contribution in [0.25, 0.3) is 0 Å². The van der Waals surface area contributed by atoms with Gasteiger partial charge in [0.05, 0.1) is 11.2 Å². The molecule has 0 saturated heterocycles. The molecule has 0 bridgehead atoms. The smallest absolute Gasteiger partial charge is 0.234 e. The van der Waals surface area contributed by atoms with E-state index in [2.05, 4.69) is 5.32 Å². The van der Waals surface area contributed by atoms with Crippen LogP contribution in [0.1, 0.15) is 11.0 Å². The summed E-state index contributed by atoms with van der Waals surface area (Å²) >= 11 is 5.46. The normalized spacial score (nSPS) is 14.8. The van der Waals surface area contributed by atoms with Crippen molar-refractivity contribution in [1.29, 1.82) is 0 Å². The second kappa shape index (κ2) is 7.37. The van der Waals surface area contributed by atoms with Crippen molar-refractivity contribution in [2.45, 2.75) is 10.1 Å². The van der Waals surface area contributed by atoms with Crippen LogP contribution in [0.2, 0.25) is 0 Å². The third kappa shape index (κ3) is 3.74. The van der Waals surface area contributed by atoms with Gasteiger partial charge < -0.3 is 19.2 Å². The molecule has 2 aromatic rings. The molecule has 1 amide bonds. The lowest BCUT2D eigenvalue weighted by molar-refractivity contribution is -0.118. The molecule has 2 heterocycles. The molecule has 25 heavy (non-hydrogen) atoms. The van der Waals surface area contributed by atoms with Gasteiger partial charge in [0.15, 0.2) is 21.3 Å². The molecule has 1 aliphatic rings. The maximum Gasteiger partial charge on any atom is 0.234 e. The molecule has 0 fully saturated rings. The number of alkyl halides is 1. The Bertz CT molecular complexity index is 850. The standard InChI is InChI=1S/C16H16ClNO6S/c17-9-16(19)18-10-15(13-2-1-5-22-13)25(20,21)11-3-4-12-14(8-11)24-7-6-23-12/h1-5,8,15H,6-7,9-10H2,(H,18,19)/t15-/m1/s1. The molecular weight excluding hydrogens is 370 g/mol. The average molecular weight is 386 g/mol. The van der Waals surface area contributed by atoms with Gasteiger partial charge in [0, 0.05) is 12.6 Å². The maximum absolute atomic E-state index is 13.1. The number of nitrogens with one attached hydrogen (secondary N) is 1. The van der Waals surface area contributed by atoms with Gasteiger partial charge in [-0.05, 0) is 24.3 Å². The molecule has 7 nitrogen and oxygen atoms in total. The first-order chi connectivity index (χ1) is 12.0. The van der Waals surface area contributed by atoms with Crippen molar-refractivity contribution in [2.24, 2.45) is 0 Å². The van der Waals surface area contributed by atoms with Crippen LogP contribution in [-0.4, -0.2) is 40.0 Å². The largest absolute Gasteiger partial charge is 0.486 e. The Kier molecular flexibility index (Phi) is 5.19. The van der Waals surface area contributed by atoms with Gasteiger partial charge in [-0.25, -0.2) is 8.42 Å². The predicted octanol–water partition coefficient (Wildman–Crippen LogP) is 1.92. The first-order valence-corrected chi connectivity index (χ1v) is 9.60. The van der Waals surface area contributed by atoms with Crippen molar-refractivity contribution < 1.29 is 27.1 Å². The summed E-state index contributed by atoms with van der Waals surface area (Å²) in [7, 11) is -3.85. The summed E-state index contributed by atoms with van der Waals surface area (Å²) in [6.45, 7) is 0.609. The third-order valence-electron chi connectivity index (χ3n) is 3.68. The lowest BCUT2D eigenvalue weighted by Gasteiger charge is -2.20. The molecule has 0 spiro atoms. The molecule has 0 radical (unpaired) electrons. The number of ether oxygens (including phenoxy) is 2. The van der Waals surface area contributed by atoms with Crippen LogP contribution >= 0.6 is 11.6 Å². The zero-order valence-electron chi connectivity index (χ0n) is 13.1. The Morgan fingerprint density at radius 3 is 2.64 bits per heavy atom. The number of hydrogen-bond donors (Lipinski definition) is 1. The summed E-state index contributed by atoms with van der Waals surface area (Å²) in [6, 6.07) is 7.56. The van der Waals surface area contributed by atoms with Gasteiger partial charge in [0.1, 0.15) is 30.1 Å². The molecule has 0 unspecified atom stereocenters. The highest BCUT2D eigenvalue weighted by atomic mass is 35.5. The third-order valence-corrected chi connectivity index (χ3v) is 5.99. The van der Waals surface area contributed by atoms with Crippen LogP contribution in [0, 0.1) is 0 Å². The van der Waals surface area contributed by atoms with Crippen LogP contribution in [0.5, 0.6) is 11.5 Å². The molecule has 1 aliphatic heterocycles. The van der Waals surface area contributed by atoms with E-state index >= 15 is 0 Å². The number of amides is 1. The van der Waals surface area contributed by atoms with E-state index in [0.29, 0.717) is 24.7 Å². The van der Waals surface area contributed by atoms with Gasteiger partial charge in [0.2, 0.25) is 5.91 Å². The zero-order valence-corrected chi connectivity index (χ0v) is 14.7. The van der Waals surface area contributed by atoms with E-state index in [9.17, 15) is 13.2 Å². The lowest BCUT2D eigenvalue weighted by atomic mass is 10.3. The second-order valence-electron chi connectivity index (χ2n) is 5.29. The van der Waals surface area contributed by atoms with Gasteiger partial charge in [-0.15, -0.1) is 11.6 Å². The maximum atomic E-state index is 13.1. The fourth-order valence-corrected chi connectivity index (χ4v) is 4.15. The summed E-state index contributed by atoms with van der Waals surface area (Å²) in [6.07, 6.45) is 1.38. The molecule has 1 aromatic carbocycles. The highest BCUT2D eigenvalue weighted by molar-refractivity contribution is 7.91. The van der Waals surface area contributed by atoms with Crippen LogP contribution in [0.15, 0.2) is 45.9 Å². The van der Waals surface area contributed by atoms with Crippen molar-refractivity contribution in [2.75, 3.05) is 25.6 Å². The Hall–Kier alpha value is -2.19. The Balaban J connectivity index is 1.94. The molecule has 3 rings (SSSR count). The molecule has 0 aliphatic carbocycles. The van der Waals surface area contributed by atoms with Crippen molar-refractivity contribution in [3.05, 3.63) is 42.4 Å². The predicted molar refractivity (Wildman–Crippen MR) is 89.8 cm³/mol. The fourth-order valence-electron chi connectivity index (χ4n) is 2.46. The SMILES string of the molecule is O=C(CCl)NC[C@H](c1ccco1)S(=O)(=O)c1ccc2c(c1)OCCO2. The van der Waals surface area contributed by atoms with E-state index in [-0.39, 0.29) is 23.1 Å². The molecule has 9 heteroatoms. The zero-order chi connectivity index (χ0) is 17.9. The molecule has 134 valence electrons. The summed E-state index contributed by atoms with van der Waals surface area (Å²) in [4.78, 5) is 11.5. The number of fused-ring (bicyclic) bond motifs is 1. The quantitative estimate of drug-likeness (QED) is 0.763. The van der Waals surface area contributed by atoms with Crippen molar-refractivity contribution in [3.63, 3.8) is 0 Å². The summed E-state index contributed by atoms with van der Waals surface area (Å²) in [5.74, 6) is 0.375. The van der Waals surface area contributed by atoms with Crippen molar-refractivity contribution >= 4 is 27.3 Å². The van der Waals surface area contributed by atoms with Crippen LogP contribution in [0.4, 0.5) is 0 Å². The van der Waals surface area contributed by atoms with Crippen LogP contribution in [-0.2, 0) is 14.6 Å². The summed E-state index contributed by atoms with van der Waals surface area (Å²) < 4.78 is 42.3. The number of hydrogen-bond acceptors (Lipinski definition) is 6. The number of rotatable bonds is 6. The van der Waals surface area contributed by atoms with E-state index in [0.717, 1.165) is 0 Å². The first-order valence-electron chi connectivity index (χ1n) is 7.52. The highest BCUT2D eigenvalue weighted by Crippen LogP contribution is 2.36. The highest BCUT2D eigenvalue weighted by Gasteiger charge is 2.32. The minimum absolute atomic E-state index is 0.0540. The molecule has 1 atom stereocenters. The van der Waals surface area contributed by atoms with E-state index < -0.39 is 21.0 Å². The van der Waals surface area contributed by atoms with Crippen molar-refractivity contribution in [3.8, 4) is 11.5 Å². The number of halogens is 1. The number of sulfone groups is 1. The minimum Gasteiger partial charge on any atom is -0.486 e. The van der Waals surface area contributed by atoms with E-state index in [4.69, 9.17) is 25.5 Å². The molecule has 1 aromatic heterocycles. The number of benzene rings is 1. The van der Waals surface area contributed by atoms with E-state index in [1.807, 2.05) is 0 Å². The second-order valence-corrected chi connectivity index (χ2v) is 7.69. The number of carbonyl (C=O) groups excluding carboxylic acids is 1. The number of furan rings is 1. The van der Waals surface area contributed by atoms with Crippen LogP contribution < -0.4 is 14.8 Å². The van der Waals surface area contributed by atoms with E-state index in [1.165, 1.54) is 18.4 Å². The molecule has 1 N–H and O–H groups in total. The van der Waals surface area contributed by atoms with Gasteiger partial charge in [-0.2, -0.15) is 0 Å². The monoisotopic (exact) mass is 385 g/mol. The Labute approximate surface area is 149 Å². The van der Waals surface area contributed by atoms with Gasteiger partial charge in [0.25, 0.3) is 0 Å². The van der Waals surface area contributed by atoms with Gasteiger partial charge >= 0.3 is 0 Å². The minimum atomic E-state index is -3.85. The van der Waals surface area contributed by atoms with Gasteiger partial charge in [-0.1, -0.05) is 0 Å². The van der Waals surface area contributed by atoms with Crippen LogP contribution in [0.3, 0.4) is 0 Å². The number of carbonyl (C=O) groups is 1. The van der Waals surface area contributed by atoms with Gasteiger partial charge in [-0.3, -0.25) is 4.79 Å². The summed E-state index contributed by atoms with van der Waals surface area (Å²) in [5.41, 5.74) is 0. The molecular formula is C16H16ClNO6S. The summed E-state index contributed by atoms with van der Waals surface area (Å²) in [5, 5.41) is 1.41. The van der Waals surface area contributed by atoms with E-state index in [1.54, 1.807) is 18.2 Å². The Morgan fingerprint density at radius 2 is 1.96 bits per heavy atom. The van der Waals surface area contributed by atoms with Crippen molar-refractivity contribution in [1.82, 2.24) is 5.32 Å². The first kappa shape index (κ1) is 17.6. The molecule has 0 saturated carbocycles. The lowest BCUT2D eigenvalue weighted by Crippen LogP contribution is -2.32. The Morgan fingerprint density at radius 1 is 1.20 bits per heavy atom.